The predicted molar refractivity (Wildman–Crippen MR) is 61.4 cm³/mol. The van der Waals surface area contributed by atoms with Gasteiger partial charge in [-0.2, -0.15) is 0 Å². The number of nitrogens with one attached hydrogen (secondary N) is 2. The van der Waals surface area contributed by atoms with Crippen molar-refractivity contribution in [3.8, 4) is 0 Å². The van der Waals surface area contributed by atoms with Crippen LogP contribution in [0.2, 0.25) is 0 Å². The van der Waals surface area contributed by atoms with Gasteiger partial charge in [0.15, 0.2) is 12.0 Å². The van der Waals surface area contributed by atoms with Crippen molar-refractivity contribution in [2.75, 3.05) is 14.1 Å². The molecule has 1 fully saturated rings. The van der Waals surface area contributed by atoms with E-state index >= 15 is 0 Å². The number of carbonyl (C=O) groups is 1. The number of hydrazine groups is 2. The molecule has 0 bridgehead atoms. The molecular weight excluding hydrogens is 220 g/mol. The molecule has 1 saturated heterocycles. The van der Waals surface area contributed by atoms with E-state index in [1.165, 1.54) is 10.0 Å². The first-order chi connectivity index (χ1) is 7.97. The van der Waals surface area contributed by atoms with E-state index in [9.17, 15) is 4.79 Å². The van der Waals surface area contributed by atoms with E-state index in [0.29, 0.717) is 5.82 Å². The average Bonchev–Trinajstić information content (AvgIpc) is 2.23. The minimum absolute atomic E-state index is 0.161. The molecule has 2 heterocycles. The fraction of sp³-hybridized carbons (Fsp3) is 0.500. The molecule has 0 aliphatic carbocycles. The van der Waals surface area contributed by atoms with E-state index in [1.807, 2.05) is 19.9 Å². The SMILES string of the molecule is Cc1cc(C)nc(C2NN(C)C(=O)N(C)N2)n1. The summed E-state index contributed by atoms with van der Waals surface area (Å²) in [7, 11) is 3.32. The first-order valence-electron chi connectivity index (χ1n) is 5.33. The Balaban J connectivity index is 2.25. The van der Waals surface area contributed by atoms with Gasteiger partial charge in [0, 0.05) is 25.5 Å². The van der Waals surface area contributed by atoms with Crippen LogP contribution < -0.4 is 10.9 Å². The van der Waals surface area contributed by atoms with Gasteiger partial charge in [-0.05, 0) is 19.9 Å². The first kappa shape index (κ1) is 11.7. The number of nitrogens with zero attached hydrogens (tertiary/aromatic N) is 4. The summed E-state index contributed by atoms with van der Waals surface area (Å²) in [4.78, 5) is 20.2. The third-order valence-corrected chi connectivity index (χ3v) is 2.48. The molecule has 0 aromatic carbocycles. The van der Waals surface area contributed by atoms with Crippen molar-refractivity contribution in [3.05, 3.63) is 23.3 Å². The lowest BCUT2D eigenvalue weighted by molar-refractivity contribution is 0.0549. The molecule has 2 N–H and O–H groups in total. The predicted octanol–water partition coefficient (Wildman–Crippen LogP) is 0.0984. The first-order valence-corrected chi connectivity index (χ1v) is 5.33. The van der Waals surface area contributed by atoms with Gasteiger partial charge in [0.2, 0.25) is 0 Å². The lowest BCUT2D eigenvalue weighted by Gasteiger charge is -2.37. The summed E-state index contributed by atoms with van der Waals surface area (Å²) in [6.07, 6.45) is -0.304. The number of aryl methyl sites for hydroxylation is 2. The highest BCUT2D eigenvalue weighted by atomic mass is 16.2. The van der Waals surface area contributed by atoms with Crippen LogP contribution in [0.5, 0.6) is 0 Å². The normalized spacial score (nSPS) is 17.8. The van der Waals surface area contributed by atoms with E-state index in [4.69, 9.17) is 0 Å². The molecule has 1 aromatic heterocycles. The zero-order chi connectivity index (χ0) is 12.6. The molecule has 17 heavy (non-hydrogen) atoms. The summed E-state index contributed by atoms with van der Waals surface area (Å²) in [5.41, 5.74) is 7.75. The second kappa shape index (κ2) is 4.27. The maximum absolute atomic E-state index is 11.5. The maximum atomic E-state index is 11.5. The molecule has 0 saturated carbocycles. The van der Waals surface area contributed by atoms with Crippen molar-refractivity contribution in [2.45, 2.75) is 20.0 Å². The molecule has 1 aliphatic rings. The lowest BCUT2D eigenvalue weighted by atomic mass is 10.3. The lowest BCUT2D eigenvalue weighted by Crippen LogP contribution is -2.62. The van der Waals surface area contributed by atoms with Gasteiger partial charge in [0.25, 0.3) is 0 Å². The van der Waals surface area contributed by atoms with E-state index in [2.05, 4.69) is 20.8 Å². The maximum Gasteiger partial charge on any atom is 0.348 e. The van der Waals surface area contributed by atoms with Crippen LogP contribution in [-0.4, -0.2) is 40.1 Å². The molecule has 92 valence electrons. The van der Waals surface area contributed by atoms with Crippen LogP contribution >= 0.6 is 0 Å². The Hall–Kier alpha value is -1.73. The van der Waals surface area contributed by atoms with Gasteiger partial charge in [0.1, 0.15) is 0 Å². The van der Waals surface area contributed by atoms with Crippen molar-refractivity contribution < 1.29 is 4.79 Å². The standard InChI is InChI=1S/C10H16N6O/c1-6-5-7(2)12-8(11-6)9-13-15(3)10(17)16(4)14-9/h5,9,13-14H,1-4H3. The molecule has 0 atom stereocenters. The highest BCUT2D eigenvalue weighted by Gasteiger charge is 2.28. The average molecular weight is 236 g/mol. The van der Waals surface area contributed by atoms with Gasteiger partial charge >= 0.3 is 6.03 Å². The topological polar surface area (TPSA) is 73.4 Å². The van der Waals surface area contributed by atoms with Gasteiger partial charge in [-0.25, -0.2) is 25.6 Å². The van der Waals surface area contributed by atoms with Gasteiger partial charge in [-0.1, -0.05) is 0 Å². The molecule has 0 spiro atoms. The van der Waals surface area contributed by atoms with Crippen molar-refractivity contribution in [1.82, 2.24) is 30.8 Å². The second-order valence-electron chi connectivity index (χ2n) is 4.10. The number of hydrogen-bond acceptors (Lipinski definition) is 5. The van der Waals surface area contributed by atoms with Gasteiger partial charge < -0.3 is 0 Å². The molecule has 1 aliphatic heterocycles. The summed E-state index contributed by atoms with van der Waals surface area (Å²) >= 11 is 0. The molecule has 2 rings (SSSR count). The zero-order valence-electron chi connectivity index (χ0n) is 10.4. The summed E-state index contributed by atoms with van der Waals surface area (Å²) in [5, 5.41) is 2.81. The van der Waals surface area contributed by atoms with Crippen LogP contribution in [0.3, 0.4) is 0 Å². The largest absolute Gasteiger partial charge is 0.348 e. The van der Waals surface area contributed by atoms with E-state index in [-0.39, 0.29) is 12.2 Å². The molecule has 0 unspecified atom stereocenters. The van der Waals surface area contributed by atoms with E-state index < -0.39 is 0 Å². The zero-order valence-corrected chi connectivity index (χ0v) is 10.4. The van der Waals surface area contributed by atoms with Crippen LogP contribution in [0, 0.1) is 13.8 Å². The monoisotopic (exact) mass is 236 g/mol. The minimum Gasteiger partial charge on any atom is -0.260 e. The van der Waals surface area contributed by atoms with Crippen molar-refractivity contribution in [2.24, 2.45) is 0 Å². The highest BCUT2D eigenvalue weighted by Crippen LogP contribution is 2.11. The van der Waals surface area contributed by atoms with Crippen LogP contribution in [0.1, 0.15) is 23.4 Å². The molecule has 7 nitrogen and oxygen atoms in total. The molecular formula is C10H16N6O. The molecule has 7 heteroatoms. The van der Waals surface area contributed by atoms with E-state index in [0.717, 1.165) is 11.4 Å². The summed E-state index contributed by atoms with van der Waals surface area (Å²) in [6, 6.07) is 1.75. The third kappa shape index (κ3) is 2.34. The van der Waals surface area contributed by atoms with Crippen LogP contribution in [-0.2, 0) is 0 Å². The van der Waals surface area contributed by atoms with Gasteiger partial charge in [-0.15, -0.1) is 0 Å². The Kier molecular flexibility index (Phi) is 2.95. The highest BCUT2D eigenvalue weighted by molar-refractivity contribution is 5.73. The Morgan fingerprint density at radius 2 is 1.59 bits per heavy atom. The van der Waals surface area contributed by atoms with Crippen molar-refractivity contribution >= 4 is 6.03 Å². The number of urea groups is 1. The second-order valence-corrected chi connectivity index (χ2v) is 4.10. The number of amides is 2. The van der Waals surface area contributed by atoms with Crippen LogP contribution in [0.4, 0.5) is 4.79 Å². The van der Waals surface area contributed by atoms with Crippen LogP contribution in [0.25, 0.3) is 0 Å². The minimum atomic E-state index is -0.304. The molecule has 0 radical (unpaired) electrons. The van der Waals surface area contributed by atoms with Gasteiger partial charge in [0.05, 0.1) is 0 Å². The summed E-state index contributed by atoms with van der Waals surface area (Å²) in [5.74, 6) is 0.619. The fourth-order valence-corrected chi connectivity index (χ4v) is 1.75. The van der Waals surface area contributed by atoms with Crippen molar-refractivity contribution in [3.63, 3.8) is 0 Å². The smallest absolute Gasteiger partial charge is 0.260 e. The van der Waals surface area contributed by atoms with Gasteiger partial charge in [-0.3, -0.25) is 10.0 Å². The Bertz CT molecular complexity index is 414. The Labute approximate surface area is 99.8 Å². The number of rotatable bonds is 1. The quantitative estimate of drug-likeness (QED) is 0.723. The Morgan fingerprint density at radius 3 is 2.06 bits per heavy atom. The fourth-order valence-electron chi connectivity index (χ4n) is 1.75. The summed E-state index contributed by atoms with van der Waals surface area (Å²) in [6.45, 7) is 3.83. The van der Waals surface area contributed by atoms with Crippen LogP contribution in [0.15, 0.2) is 6.07 Å². The number of hydrogen-bond donors (Lipinski definition) is 2. The number of aromatic nitrogens is 2. The molecule has 2 amide bonds. The number of carbonyl (C=O) groups excluding carboxylic acids is 1. The third-order valence-electron chi connectivity index (χ3n) is 2.48. The van der Waals surface area contributed by atoms with Crippen molar-refractivity contribution in [1.29, 1.82) is 0 Å². The summed E-state index contributed by atoms with van der Waals surface area (Å²) < 4.78 is 0. The Morgan fingerprint density at radius 1 is 1.12 bits per heavy atom. The van der Waals surface area contributed by atoms with E-state index in [1.54, 1.807) is 14.1 Å². The molecule has 1 aromatic rings.